The minimum atomic E-state index is -3.09. The van der Waals surface area contributed by atoms with Gasteiger partial charge in [0.2, 0.25) is 5.89 Å². The first-order chi connectivity index (χ1) is 11.0. The Kier molecular flexibility index (Phi) is 4.20. The first-order valence-electron chi connectivity index (χ1n) is 7.48. The van der Waals surface area contributed by atoms with Gasteiger partial charge in [0.05, 0.1) is 6.04 Å². The standard InChI is InChI=1S/C18H19N2O2P/c1-13(19)17-20-18(14(2)22-17)23(21,15-9-5-3-6-10-15)16-11-7-4-8-12-16/h3-13H,19H2,1-2H3/t13-/m0/s1. The maximum atomic E-state index is 14.1. The molecule has 1 heterocycles. The van der Waals surface area contributed by atoms with Crippen molar-refractivity contribution in [3.63, 3.8) is 0 Å². The van der Waals surface area contributed by atoms with Crippen molar-refractivity contribution in [3.05, 3.63) is 72.3 Å². The number of oxazole rings is 1. The van der Waals surface area contributed by atoms with Crippen molar-refractivity contribution in [1.82, 2.24) is 4.98 Å². The topological polar surface area (TPSA) is 69.1 Å². The van der Waals surface area contributed by atoms with Crippen molar-refractivity contribution in [2.75, 3.05) is 0 Å². The number of aromatic nitrogens is 1. The molecule has 0 unspecified atom stereocenters. The highest BCUT2D eigenvalue weighted by Gasteiger charge is 2.35. The van der Waals surface area contributed by atoms with E-state index in [-0.39, 0.29) is 6.04 Å². The van der Waals surface area contributed by atoms with E-state index < -0.39 is 7.14 Å². The molecule has 0 radical (unpaired) electrons. The molecule has 0 spiro atoms. The molecule has 0 saturated heterocycles. The molecule has 3 aromatic rings. The minimum Gasteiger partial charge on any atom is -0.443 e. The van der Waals surface area contributed by atoms with Gasteiger partial charge in [-0.05, 0) is 13.8 Å². The molecule has 2 N–H and O–H groups in total. The molecule has 0 fully saturated rings. The van der Waals surface area contributed by atoms with Crippen LogP contribution in [0, 0.1) is 6.92 Å². The van der Waals surface area contributed by atoms with E-state index in [4.69, 9.17) is 10.2 Å². The Bertz CT molecular complexity index is 798. The maximum Gasteiger partial charge on any atom is 0.211 e. The number of rotatable bonds is 4. The SMILES string of the molecule is Cc1oc([C@H](C)N)nc1P(=O)(c1ccccc1)c1ccccc1. The van der Waals surface area contributed by atoms with Gasteiger partial charge in [0, 0.05) is 10.6 Å². The van der Waals surface area contributed by atoms with Crippen molar-refractivity contribution < 1.29 is 8.98 Å². The quantitative estimate of drug-likeness (QED) is 0.748. The minimum absolute atomic E-state index is 0.345. The highest BCUT2D eigenvalue weighted by Crippen LogP contribution is 2.43. The first kappa shape index (κ1) is 15.7. The van der Waals surface area contributed by atoms with E-state index in [9.17, 15) is 4.57 Å². The molecule has 118 valence electrons. The van der Waals surface area contributed by atoms with Crippen molar-refractivity contribution in [3.8, 4) is 0 Å². The molecular formula is C18H19N2O2P. The fourth-order valence-electron chi connectivity index (χ4n) is 2.56. The van der Waals surface area contributed by atoms with Gasteiger partial charge in [0.15, 0.2) is 7.14 Å². The van der Waals surface area contributed by atoms with E-state index in [0.717, 1.165) is 10.6 Å². The molecule has 5 heteroatoms. The van der Waals surface area contributed by atoms with E-state index in [1.54, 1.807) is 13.8 Å². The summed E-state index contributed by atoms with van der Waals surface area (Å²) >= 11 is 0. The number of nitrogens with two attached hydrogens (primary N) is 1. The van der Waals surface area contributed by atoms with Crippen LogP contribution < -0.4 is 21.8 Å². The van der Waals surface area contributed by atoms with Gasteiger partial charge in [0.25, 0.3) is 0 Å². The third kappa shape index (κ3) is 2.76. The van der Waals surface area contributed by atoms with Crippen LogP contribution in [0.1, 0.15) is 24.6 Å². The lowest BCUT2D eigenvalue weighted by atomic mass is 10.4. The summed E-state index contributed by atoms with van der Waals surface area (Å²) in [6, 6.07) is 18.5. The molecule has 0 aliphatic heterocycles. The molecule has 0 bridgehead atoms. The maximum absolute atomic E-state index is 14.1. The van der Waals surface area contributed by atoms with E-state index in [2.05, 4.69) is 4.98 Å². The van der Waals surface area contributed by atoms with E-state index in [0.29, 0.717) is 17.1 Å². The van der Waals surface area contributed by atoms with Crippen molar-refractivity contribution in [1.29, 1.82) is 0 Å². The Morgan fingerprint density at radius 2 is 1.48 bits per heavy atom. The van der Waals surface area contributed by atoms with Gasteiger partial charge in [-0.3, -0.25) is 0 Å². The molecule has 4 nitrogen and oxygen atoms in total. The summed E-state index contributed by atoms with van der Waals surface area (Å²) < 4.78 is 19.8. The summed E-state index contributed by atoms with van der Waals surface area (Å²) in [5, 5.41) is 1.47. The third-order valence-electron chi connectivity index (χ3n) is 3.72. The normalized spacial score (nSPS) is 13.0. The van der Waals surface area contributed by atoms with Crippen LogP contribution >= 0.6 is 7.14 Å². The smallest absolute Gasteiger partial charge is 0.211 e. The van der Waals surface area contributed by atoms with Crippen molar-refractivity contribution >= 4 is 23.2 Å². The fourth-order valence-corrected chi connectivity index (χ4v) is 5.26. The second-order valence-electron chi connectivity index (χ2n) is 5.50. The Morgan fingerprint density at radius 1 is 1.00 bits per heavy atom. The van der Waals surface area contributed by atoms with Crippen LogP contribution in [-0.2, 0) is 4.57 Å². The number of benzene rings is 2. The molecule has 23 heavy (non-hydrogen) atoms. The lowest BCUT2D eigenvalue weighted by molar-refractivity contribution is 0.444. The van der Waals surface area contributed by atoms with E-state index >= 15 is 0 Å². The fraction of sp³-hybridized carbons (Fsp3) is 0.167. The highest BCUT2D eigenvalue weighted by atomic mass is 31.2. The Morgan fingerprint density at radius 3 is 1.87 bits per heavy atom. The molecule has 0 aliphatic rings. The van der Waals surface area contributed by atoms with Crippen LogP contribution in [0.5, 0.6) is 0 Å². The predicted octanol–water partition coefficient (Wildman–Crippen LogP) is 2.64. The monoisotopic (exact) mass is 326 g/mol. The number of aryl methyl sites for hydroxylation is 1. The number of hydrogen-bond acceptors (Lipinski definition) is 4. The van der Waals surface area contributed by atoms with Gasteiger partial charge in [-0.2, -0.15) is 0 Å². The number of nitrogens with zero attached hydrogens (tertiary/aromatic N) is 1. The molecule has 2 aromatic carbocycles. The summed E-state index contributed by atoms with van der Waals surface area (Å²) in [5.74, 6) is 0.956. The lowest BCUT2D eigenvalue weighted by Gasteiger charge is -2.17. The Balaban J connectivity index is 2.28. The zero-order chi connectivity index (χ0) is 16.4. The second kappa shape index (κ2) is 6.15. The average molecular weight is 326 g/mol. The summed E-state index contributed by atoms with van der Waals surface area (Å²) in [6.07, 6.45) is 0. The molecule has 0 aliphatic carbocycles. The van der Waals surface area contributed by atoms with Gasteiger partial charge in [-0.1, -0.05) is 60.7 Å². The first-order valence-corrected chi connectivity index (χ1v) is 9.19. The molecule has 0 amide bonds. The van der Waals surface area contributed by atoms with Crippen LogP contribution in [0.15, 0.2) is 65.1 Å². The zero-order valence-corrected chi connectivity index (χ0v) is 14.0. The van der Waals surface area contributed by atoms with Gasteiger partial charge in [0.1, 0.15) is 11.2 Å². The molecule has 3 rings (SSSR count). The van der Waals surface area contributed by atoms with Gasteiger partial charge >= 0.3 is 0 Å². The van der Waals surface area contributed by atoms with Crippen molar-refractivity contribution in [2.45, 2.75) is 19.9 Å². The van der Waals surface area contributed by atoms with Gasteiger partial charge in [-0.25, -0.2) is 4.98 Å². The Hall–Kier alpha value is -2.16. The van der Waals surface area contributed by atoms with E-state index in [1.165, 1.54) is 0 Å². The van der Waals surface area contributed by atoms with Gasteiger partial charge < -0.3 is 14.7 Å². The Labute approximate surface area is 135 Å². The summed E-state index contributed by atoms with van der Waals surface area (Å²) in [5.41, 5.74) is 6.34. The summed E-state index contributed by atoms with van der Waals surface area (Å²) in [6.45, 7) is 3.58. The molecule has 0 saturated carbocycles. The lowest BCUT2D eigenvalue weighted by Crippen LogP contribution is -2.27. The molecule has 1 aromatic heterocycles. The van der Waals surface area contributed by atoms with Crippen LogP contribution in [0.3, 0.4) is 0 Å². The molecular weight excluding hydrogens is 307 g/mol. The second-order valence-corrected chi connectivity index (χ2v) is 8.18. The average Bonchev–Trinajstić information content (AvgIpc) is 2.98. The molecule has 1 atom stereocenters. The third-order valence-corrected chi connectivity index (χ3v) is 6.78. The largest absolute Gasteiger partial charge is 0.443 e. The summed E-state index contributed by atoms with van der Waals surface area (Å²) in [7, 11) is -3.09. The van der Waals surface area contributed by atoms with Crippen LogP contribution in [0.4, 0.5) is 0 Å². The van der Waals surface area contributed by atoms with Gasteiger partial charge in [-0.15, -0.1) is 0 Å². The van der Waals surface area contributed by atoms with Crippen LogP contribution in [-0.4, -0.2) is 4.98 Å². The van der Waals surface area contributed by atoms with Crippen LogP contribution in [0.2, 0.25) is 0 Å². The van der Waals surface area contributed by atoms with E-state index in [1.807, 2.05) is 60.7 Å². The zero-order valence-electron chi connectivity index (χ0n) is 13.1. The van der Waals surface area contributed by atoms with Crippen molar-refractivity contribution in [2.24, 2.45) is 5.73 Å². The predicted molar refractivity (Wildman–Crippen MR) is 93.2 cm³/mol. The summed E-state index contributed by atoms with van der Waals surface area (Å²) in [4.78, 5) is 4.48. The van der Waals surface area contributed by atoms with Crippen LogP contribution in [0.25, 0.3) is 0 Å². The highest BCUT2D eigenvalue weighted by molar-refractivity contribution is 7.85. The number of hydrogen-bond donors (Lipinski definition) is 1.